The molecule has 1 saturated heterocycles. The Morgan fingerprint density at radius 2 is 1.74 bits per heavy atom. The first-order valence-corrected chi connectivity index (χ1v) is 11.8. The van der Waals surface area contributed by atoms with Crippen molar-refractivity contribution < 1.29 is 17.9 Å². The Labute approximate surface area is 183 Å². The van der Waals surface area contributed by atoms with Crippen molar-refractivity contribution in [2.45, 2.75) is 18.7 Å². The normalized spacial score (nSPS) is 15.3. The van der Waals surface area contributed by atoms with Gasteiger partial charge in [0.1, 0.15) is 22.8 Å². The van der Waals surface area contributed by atoms with Crippen LogP contribution in [0.5, 0.6) is 11.5 Å². The lowest BCUT2D eigenvalue weighted by molar-refractivity contribution is 0.340. The minimum absolute atomic E-state index is 0.286. The zero-order chi connectivity index (χ0) is 22.0. The van der Waals surface area contributed by atoms with E-state index < -0.39 is 10.0 Å². The molecule has 2 aromatic carbocycles. The minimum atomic E-state index is -3.54. The molecule has 0 amide bonds. The zero-order valence-corrected chi connectivity index (χ0v) is 18.9. The standard InChI is InChI=1S/C23H27N3O4S/c1-4-30-18-8-10-19(11-9-18)31(27,28)26-14-12-25(13-15-26)22-16-17(2)20-6-5-7-21(29-3)23(20)24-22/h5-11,16H,4,12-15H2,1-3H3. The van der Waals surface area contributed by atoms with Crippen LogP contribution in [0.4, 0.5) is 5.82 Å². The van der Waals surface area contributed by atoms with Gasteiger partial charge in [-0.1, -0.05) is 12.1 Å². The number of rotatable bonds is 6. The minimum Gasteiger partial charge on any atom is -0.494 e. The first kappa shape index (κ1) is 21.4. The van der Waals surface area contributed by atoms with Crippen LogP contribution in [-0.2, 0) is 10.0 Å². The number of nitrogens with zero attached hydrogens (tertiary/aromatic N) is 3. The fourth-order valence-electron chi connectivity index (χ4n) is 3.88. The van der Waals surface area contributed by atoms with Crippen molar-refractivity contribution in [2.75, 3.05) is 44.8 Å². The van der Waals surface area contributed by atoms with Gasteiger partial charge in [0, 0.05) is 31.6 Å². The van der Waals surface area contributed by atoms with E-state index in [4.69, 9.17) is 14.5 Å². The third kappa shape index (κ3) is 4.18. The van der Waals surface area contributed by atoms with Crippen LogP contribution in [0.1, 0.15) is 12.5 Å². The zero-order valence-electron chi connectivity index (χ0n) is 18.0. The number of aryl methyl sites for hydroxylation is 1. The average molecular weight is 442 g/mol. The smallest absolute Gasteiger partial charge is 0.243 e. The Kier molecular flexibility index (Phi) is 6.02. The molecule has 1 aromatic heterocycles. The molecule has 0 spiro atoms. The lowest BCUT2D eigenvalue weighted by Gasteiger charge is -2.35. The fraction of sp³-hybridized carbons (Fsp3) is 0.348. The Morgan fingerprint density at radius 3 is 2.39 bits per heavy atom. The van der Waals surface area contributed by atoms with Gasteiger partial charge >= 0.3 is 0 Å². The fourth-order valence-corrected chi connectivity index (χ4v) is 5.30. The number of aromatic nitrogens is 1. The summed E-state index contributed by atoms with van der Waals surface area (Å²) in [5, 5.41) is 1.06. The number of sulfonamides is 1. The third-order valence-electron chi connectivity index (χ3n) is 5.55. The van der Waals surface area contributed by atoms with E-state index in [1.807, 2.05) is 25.1 Å². The van der Waals surface area contributed by atoms with E-state index in [-0.39, 0.29) is 4.90 Å². The maximum Gasteiger partial charge on any atom is 0.243 e. The van der Waals surface area contributed by atoms with Crippen molar-refractivity contribution in [1.29, 1.82) is 0 Å². The van der Waals surface area contributed by atoms with Gasteiger partial charge in [-0.2, -0.15) is 4.31 Å². The van der Waals surface area contributed by atoms with Crippen LogP contribution in [0, 0.1) is 6.92 Å². The van der Waals surface area contributed by atoms with Crippen LogP contribution >= 0.6 is 0 Å². The monoisotopic (exact) mass is 441 g/mol. The van der Waals surface area contributed by atoms with Gasteiger partial charge in [0.05, 0.1) is 18.6 Å². The van der Waals surface area contributed by atoms with Gasteiger partial charge in [-0.15, -0.1) is 0 Å². The number of hydrogen-bond acceptors (Lipinski definition) is 6. The first-order chi connectivity index (χ1) is 14.9. The molecule has 3 aromatic rings. The summed E-state index contributed by atoms with van der Waals surface area (Å²) in [6.07, 6.45) is 0. The maximum absolute atomic E-state index is 13.0. The second kappa shape index (κ2) is 8.72. The number of pyridine rings is 1. The lowest BCUT2D eigenvalue weighted by atomic mass is 10.1. The number of benzene rings is 2. The molecule has 4 rings (SSSR count). The summed E-state index contributed by atoms with van der Waals surface area (Å²) < 4.78 is 38.5. The van der Waals surface area contributed by atoms with Crippen molar-refractivity contribution in [3.05, 3.63) is 54.1 Å². The van der Waals surface area contributed by atoms with Crippen LogP contribution in [0.2, 0.25) is 0 Å². The molecule has 1 fully saturated rings. The van der Waals surface area contributed by atoms with Crippen LogP contribution in [0.25, 0.3) is 10.9 Å². The van der Waals surface area contributed by atoms with Crippen molar-refractivity contribution in [3.63, 3.8) is 0 Å². The quantitative estimate of drug-likeness (QED) is 0.583. The van der Waals surface area contributed by atoms with E-state index in [1.165, 1.54) is 4.31 Å². The molecule has 0 N–H and O–H groups in total. The van der Waals surface area contributed by atoms with Gasteiger partial charge < -0.3 is 14.4 Å². The second-order valence-corrected chi connectivity index (χ2v) is 9.39. The molecule has 0 unspecified atom stereocenters. The molecule has 0 aliphatic carbocycles. The summed E-state index contributed by atoms with van der Waals surface area (Å²) in [5.41, 5.74) is 1.94. The predicted octanol–water partition coefficient (Wildman–Crippen LogP) is 3.46. The number of ether oxygens (including phenoxy) is 2. The van der Waals surface area contributed by atoms with E-state index in [0.717, 1.165) is 28.0 Å². The van der Waals surface area contributed by atoms with Crippen molar-refractivity contribution in [3.8, 4) is 11.5 Å². The third-order valence-corrected chi connectivity index (χ3v) is 7.46. The van der Waals surface area contributed by atoms with Crippen molar-refractivity contribution in [1.82, 2.24) is 9.29 Å². The highest BCUT2D eigenvalue weighted by atomic mass is 32.2. The molecule has 0 bridgehead atoms. The highest BCUT2D eigenvalue weighted by molar-refractivity contribution is 7.89. The Bertz CT molecular complexity index is 1170. The van der Waals surface area contributed by atoms with Crippen LogP contribution in [0.3, 0.4) is 0 Å². The molecular weight excluding hydrogens is 414 g/mol. The Balaban J connectivity index is 1.52. The summed E-state index contributed by atoms with van der Waals surface area (Å²) in [6.45, 7) is 6.45. The van der Waals surface area contributed by atoms with Gasteiger partial charge in [0.25, 0.3) is 0 Å². The molecule has 0 saturated carbocycles. The van der Waals surface area contributed by atoms with Crippen molar-refractivity contribution >= 4 is 26.7 Å². The van der Waals surface area contributed by atoms with E-state index in [9.17, 15) is 8.42 Å². The number of piperazine rings is 1. The number of anilines is 1. The first-order valence-electron chi connectivity index (χ1n) is 10.4. The Morgan fingerprint density at radius 1 is 1.03 bits per heavy atom. The van der Waals surface area contributed by atoms with Gasteiger partial charge in [0.15, 0.2) is 0 Å². The highest BCUT2D eigenvalue weighted by Gasteiger charge is 2.29. The number of hydrogen-bond donors (Lipinski definition) is 0. The molecule has 2 heterocycles. The molecule has 31 heavy (non-hydrogen) atoms. The van der Waals surface area contributed by atoms with Crippen molar-refractivity contribution in [2.24, 2.45) is 0 Å². The van der Waals surface area contributed by atoms with E-state index >= 15 is 0 Å². The summed E-state index contributed by atoms with van der Waals surface area (Å²) in [4.78, 5) is 7.24. The number of methoxy groups -OCH3 is 1. The summed E-state index contributed by atoms with van der Waals surface area (Å²) in [5.74, 6) is 2.24. The summed E-state index contributed by atoms with van der Waals surface area (Å²) in [6, 6.07) is 14.5. The topological polar surface area (TPSA) is 72.0 Å². The molecule has 1 aliphatic heterocycles. The molecule has 164 valence electrons. The van der Waals surface area contributed by atoms with E-state index in [1.54, 1.807) is 31.4 Å². The predicted molar refractivity (Wildman–Crippen MR) is 122 cm³/mol. The molecule has 7 nitrogen and oxygen atoms in total. The Hall–Kier alpha value is -2.84. The molecule has 1 aliphatic rings. The average Bonchev–Trinajstić information content (AvgIpc) is 2.79. The van der Waals surface area contributed by atoms with Gasteiger partial charge in [-0.25, -0.2) is 13.4 Å². The largest absolute Gasteiger partial charge is 0.494 e. The summed E-state index contributed by atoms with van der Waals surface area (Å²) in [7, 11) is -1.90. The van der Waals surface area contributed by atoms with Crippen LogP contribution < -0.4 is 14.4 Å². The molecule has 0 radical (unpaired) electrons. The van der Waals surface area contributed by atoms with E-state index in [2.05, 4.69) is 17.9 Å². The molecular formula is C23H27N3O4S. The SMILES string of the molecule is CCOc1ccc(S(=O)(=O)N2CCN(c3cc(C)c4cccc(OC)c4n3)CC2)cc1. The van der Waals surface area contributed by atoms with E-state index in [0.29, 0.717) is 38.5 Å². The maximum atomic E-state index is 13.0. The van der Waals surface area contributed by atoms with Crippen LogP contribution in [0.15, 0.2) is 53.4 Å². The van der Waals surface area contributed by atoms with Gasteiger partial charge in [-0.05, 0) is 55.8 Å². The second-order valence-electron chi connectivity index (χ2n) is 7.45. The number of para-hydroxylation sites is 1. The summed E-state index contributed by atoms with van der Waals surface area (Å²) >= 11 is 0. The molecule has 8 heteroatoms. The molecule has 0 atom stereocenters. The van der Waals surface area contributed by atoms with Crippen LogP contribution in [-0.4, -0.2) is 57.6 Å². The van der Waals surface area contributed by atoms with Gasteiger partial charge in [0.2, 0.25) is 10.0 Å². The highest BCUT2D eigenvalue weighted by Crippen LogP contribution is 2.30. The van der Waals surface area contributed by atoms with Gasteiger partial charge in [-0.3, -0.25) is 0 Å². The lowest BCUT2D eigenvalue weighted by Crippen LogP contribution is -2.48. The number of fused-ring (bicyclic) bond motifs is 1.